The van der Waals surface area contributed by atoms with Crippen molar-refractivity contribution in [3.05, 3.63) is 61.4 Å². The van der Waals surface area contributed by atoms with Crippen LogP contribution in [0.15, 0.2) is 36.5 Å². The van der Waals surface area contributed by atoms with Crippen LogP contribution in [-0.2, 0) is 4.74 Å². The summed E-state index contributed by atoms with van der Waals surface area (Å²) in [6, 6.07) is 8.37. The van der Waals surface area contributed by atoms with E-state index >= 15 is 0 Å². The van der Waals surface area contributed by atoms with Gasteiger partial charge in [-0.3, -0.25) is 9.78 Å². The molecule has 1 aromatic heterocycles. The standard InChI is InChI=1S/C20H19Cl2IN2O3/c1-20(2,3)28-19(27)25(18(26)12-6-4-5-7-15(12)23)16-9-13(16)17-14(22)8-11(21)10-24-17/h4-8,10,13,16H,9H2,1-3H3. The normalized spacial score (nSPS) is 18.5. The maximum atomic E-state index is 13.2. The van der Waals surface area contributed by atoms with Crippen LogP contribution in [0.1, 0.15) is 49.2 Å². The monoisotopic (exact) mass is 532 g/mol. The van der Waals surface area contributed by atoms with Crippen LogP contribution in [-0.4, -0.2) is 33.5 Å². The number of ether oxygens (including phenoxy) is 1. The van der Waals surface area contributed by atoms with Crippen LogP contribution in [0.25, 0.3) is 0 Å². The van der Waals surface area contributed by atoms with E-state index in [0.29, 0.717) is 27.7 Å². The first kappa shape index (κ1) is 21.3. The number of hydrogen-bond donors (Lipinski definition) is 0. The fourth-order valence-corrected chi connectivity index (χ4v) is 4.04. The smallest absolute Gasteiger partial charge is 0.417 e. The minimum absolute atomic E-state index is 0.150. The lowest BCUT2D eigenvalue weighted by Gasteiger charge is -2.27. The Morgan fingerprint density at radius 1 is 1.25 bits per heavy atom. The lowest BCUT2D eigenvalue weighted by atomic mass is 10.2. The summed E-state index contributed by atoms with van der Waals surface area (Å²) in [5.74, 6) is -0.542. The van der Waals surface area contributed by atoms with Gasteiger partial charge in [0.15, 0.2) is 0 Å². The van der Waals surface area contributed by atoms with Crippen molar-refractivity contribution in [2.24, 2.45) is 0 Å². The highest BCUT2D eigenvalue weighted by Crippen LogP contribution is 2.47. The predicted octanol–water partition coefficient (Wildman–Crippen LogP) is 5.93. The van der Waals surface area contributed by atoms with Crippen molar-refractivity contribution in [3.8, 4) is 0 Å². The molecule has 5 nitrogen and oxygen atoms in total. The number of carbonyl (C=O) groups is 2. The van der Waals surface area contributed by atoms with E-state index in [2.05, 4.69) is 27.6 Å². The van der Waals surface area contributed by atoms with Gasteiger partial charge in [0.25, 0.3) is 5.91 Å². The molecule has 0 radical (unpaired) electrons. The molecule has 2 amide bonds. The van der Waals surface area contributed by atoms with Gasteiger partial charge >= 0.3 is 6.09 Å². The Labute approximate surface area is 187 Å². The van der Waals surface area contributed by atoms with E-state index in [9.17, 15) is 9.59 Å². The fourth-order valence-electron chi connectivity index (χ4n) is 2.90. The van der Waals surface area contributed by atoms with E-state index in [1.807, 2.05) is 12.1 Å². The molecule has 2 aromatic rings. The molecule has 2 unspecified atom stereocenters. The first-order valence-electron chi connectivity index (χ1n) is 8.70. The molecule has 0 aliphatic heterocycles. The predicted molar refractivity (Wildman–Crippen MR) is 117 cm³/mol. The third kappa shape index (κ3) is 4.78. The van der Waals surface area contributed by atoms with E-state index in [-0.39, 0.29) is 12.0 Å². The van der Waals surface area contributed by atoms with E-state index in [4.69, 9.17) is 27.9 Å². The summed E-state index contributed by atoms with van der Waals surface area (Å²) in [5, 5.41) is 0.857. The third-order valence-electron chi connectivity index (χ3n) is 4.19. The van der Waals surface area contributed by atoms with Gasteiger partial charge in [0.05, 0.1) is 27.3 Å². The fraction of sp³-hybridized carbons (Fsp3) is 0.350. The van der Waals surface area contributed by atoms with Crippen LogP contribution in [0.3, 0.4) is 0 Å². The molecule has 1 fully saturated rings. The second-order valence-electron chi connectivity index (χ2n) is 7.57. The van der Waals surface area contributed by atoms with Gasteiger partial charge in [0, 0.05) is 15.7 Å². The quantitative estimate of drug-likeness (QED) is 0.460. The van der Waals surface area contributed by atoms with Gasteiger partial charge in [-0.15, -0.1) is 0 Å². The highest BCUT2D eigenvalue weighted by molar-refractivity contribution is 14.1. The first-order chi connectivity index (χ1) is 13.1. The molecule has 148 valence electrons. The van der Waals surface area contributed by atoms with E-state index in [1.54, 1.807) is 39.0 Å². The number of rotatable bonds is 3. The van der Waals surface area contributed by atoms with E-state index in [1.165, 1.54) is 11.1 Å². The summed E-state index contributed by atoms with van der Waals surface area (Å²) in [4.78, 5) is 31.6. The van der Waals surface area contributed by atoms with Crippen LogP contribution in [0.4, 0.5) is 4.79 Å². The number of amides is 2. The SMILES string of the molecule is CC(C)(C)OC(=O)N(C(=O)c1ccccc1I)C1CC1c1ncc(Cl)cc1Cl. The van der Waals surface area contributed by atoms with Gasteiger partial charge in [-0.25, -0.2) is 9.69 Å². The number of pyridine rings is 1. The van der Waals surface area contributed by atoms with Crippen LogP contribution in [0.2, 0.25) is 10.0 Å². The molecule has 3 rings (SSSR count). The number of halogens is 3. The Balaban J connectivity index is 1.92. The zero-order valence-electron chi connectivity index (χ0n) is 15.6. The zero-order valence-corrected chi connectivity index (χ0v) is 19.2. The summed E-state index contributed by atoms with van der Waals surface area (Å²) in [5.41, 5.74) is 0.356. The molecule has 1 aliphatic carbocycles. The second kappa shape index (κ2) is 8.16. The Morgan fingerprint density at radius 2 is 1.93 bits per heavy atom. The minimum Gasteiger partial charge on any atom is -0.443 e. The van der Waals surface area contributed by atoms with Gasteiger partial charge in [0.2, 0.25) is 0 Å². The Bertz CT molecular complexity index is 930. The average molecular weight is 533 g/mol. The highest BCUT2D eigenvalue weighted by Gasteiger charge is 2.50. The minimum atomic E-state index is -0.722. The van der Waals surface area contributed by atoms with Crippen molar-refractivity contribution in [1.29, 1.82) is 0 Å². The van der Waals surface area contributed by atoms with E-state index in [0.717, 1.165) is 3.57 Å². The second-order valence-corrected chi connectivity index (χ2v) is 9.57. The van der Waals surface area contributed by atoms with Gasteiger partial charge in [-0.1, -0.05) is 35.3 Å². The molecule has 8 heteroatoms. The number of aromatic nitrogens is 1. The van der Waals surface area contributed by atoms with Crippen molar-refractivity contribution in [2.75, 3.05) is 0 Å². The topological polar surface area (TPSA) is 59.5 Å². The van der Waals surface area contributed by atoms with E-state index < -0.39 is 17.6 Å². The molecule has 0 spiro atoms. The van der Waals surface area contributed by atoms with Gasteiger partial charge in [0.1, 0.15) is 5.60 Å². The number of nitrogens with zero attached hydrogens (tertiary/aromatic N) is 2. The largest absolute Gasteiger partial charge is 0.443 e. The molecular weight excluding hydrogens is 514 g/mol. The molecule has 28 heavy (non-hydrogen) atoms. The maximum absolute atomic E-state index is 13.2. The van der Waals surface area contributed by atoms with Crippen molar-refractivity contribution < 1.29 is 14.3 Å². The van der Waals surface area contributed by atoms with Gasteiger partial charge < -0.3 is 4.74 Å². The summed E-state index contributed by atoms with van der Waals surface area (Å²) >= 11 is 14.3. The number of hydrogen-bond acceptors (Lipinski definition) is 4. The number of benzene rings is 1. The zero-order chi connectivity index (χ0) is 20.6. The van der Waals surface area contributed by atoms with Gasteiger partial charge in [-0.05, 0) is 68.0 Å². The number of imide groups is 1. The molecule has 0 saturated heterocycles. The molecule has 0 bridgehead atoms. The molecule has 1 heterocycles. The molecule has 1 saturated carbocycles. The van der Waals surface area contributed by atoms with Crippen LogP contribution < -0.4 is 0 Å². The Kier molecular flexibility index (Phi) is 6.22. The summed E-state index contributed by atoms with van der Waals surface area (Å²) in [6.45, 7) is 5.30. The maximum Gasteiger partial charge on any atom is 0.417 e. The lowest BCUT2D eigenvalue weighted by molar-refractivity contribution is 0.0224. The molecule has 2 atom stereocenters. The van der Waals surface area contributed by atoms with Gasteiger partial charge in [-0.2, -0.15) is 0 Å². The Hall–Kier alpha value is -1.38. The molecule has 1 aromatic carbocycles. The summed E-state index contributed by atoms with van der Waals surface area (Å²) < 4.78 is 6.27. The van der Waals surface area contributed by atoms with Crippen LogP contribution in [0.5, 0.6) is 0 Å². The molecule has 0 N–H and O–H groups in total. The van der Waals surface area contributed by atoms with Crippen molar-refractivity contribution in [1.82, 2.24) is 9.88 Å². The third-order valence-corrected chi connectivity index (χ3v) is 5.64. The highest BCUT2D eigenvalue weighted by atomic mass is 127. The van der Waals surface area contributed by atoms with Crippen molar-refractivity contribution in [3.63, 3.8) is 0 Å². The summed E-state index contributed by atoms with van der Waals surface area (Å²) in [6.07, 6.45) is 1.41. The first-order valence-corrected chi connectivity index (χ1v) is 10.5. The van der Waals surface area contributed by atoms with Crippen LogP contribution in [0, 0.1) is 3.57 Å². The lowest BCUT2D eigenvalue weighted by Crippen LogP contribution is -2.43. The average Bonchev–Trinajstić information content (AvgIpc) is 3.33. The van der Waals surface area contributed by atoms with Crippen LogP contribution >= 0.6 is 45.8 Å². The number of carbonyl (C=O) groups excluding carboxylic acids is 2. The Morgan fingerprint density at radius 3 is 2.54 bits per heavy atom. The van der Waals surface area contributed by atoms with Crippen molar-refractivity contribution >= 4 is 57.8 Å². The molecular formula is C20H19Cl2IN2O3. The van der Waals surface area contributed by atoms with Crippen molar-refractivity contribution in [2.45, 2.75) is 44.8 Å². The molecule has 1 aliphatic rings. The summed E-state index contributed by atoms with van der Waals surface area (Å²) in [7, 11) is 0.